The molecule has 5 nitrogen and oxygen atoms in total. The Hall–Kier alpha value is -1.75. The van der Waals surface area contributed by atoms with Crippen LogP contribution in [0.15, 0.2) is 24.3 Å². The minimum atomic E-state index is -0.902. The lowest BCUT2D eigenvalue weighted by Crippen LogP contribution is -2.49. The molecule has 0 spiro atoms. The summed E-state index contributed by atoms with van der Waals surface area (Å²) in [4.78, 5) is 24.5. The highest BCUT2D eigenvalue weighted by atomic mass is 35.5. The molecule has 23 heavy (non-hydrogen) atoms. The Kier molecular flexibility index (Phi) is 5.52. The van der Waals surface area contributed by atoms with Gasteiger partial charge in [-0.1, -0.05) is 37.1 Å². The standard InChI is InChI=1S/C17H23ClN2O3/c1-12(15(21)22)10-20(2)16(23)19-11-17(8-3-9-17)13-4-6-14(18)7-5-13/h4-7,12H,3,8-11H2,1-2H3,(H,19,23)(H,21,22). The van der Waals surface area contributed by atoms with Gasteiger partial charge in [0.15, 0.2) is 0 Å². The monoisotopic (exact) mass is 338 g/mol. The van der Waals surface area contributed by atoms with Crippen molar-refractivity contribution in [1.29, 1.82) is 0 Å². The van der Waals surface area contributed by atoms with Crippen molar-refractivity contribution in [1.82, 2.24) is 10.2 Å². The van der Waals surface area contributed by atoms with Crippen LogP contribution in [0.5, 0.6) is 0 Å². The second kappa shape index (κ2) is 7.21. The molecule has 1 aliphatic carbocycles. The van der Waals surface area contributed by atoms with Gasteiger partial charge in [-0.3, -0.25) is 4.79 Å². The fourth-order valence-corrected chi connectivity index (χ4v) is 3.05. The molecule has 0 heterocycles. The van der Waals surface area contributed by atoms with Crippen molar-refractivity contribution in [2.75, 3.05) is 20.1 Å². The number of hydrogen-bond donors (Lipinski definition) is 2. The van der Waals surface area contributed by atoms with Crippen LogP contribution in [0.25, 0.3) is 0 Å². The second-order valence-electron chi connectivity index (χ2n) is 6.42. The lowest BCUT2D eigenvalue weighted by atomic mass is 9.64. The number of carbonyl (C=O) groups is 2. The van der Waals surface area contributed by atoms with Crippen LogP contribution in [-0.4, -0.2) is 42.1 Å². The SMILES string of the molecule is CC(CN(C)C(=O)NCC1(c2ccc(Cl)cc2)CCC1)C(=O)O. The lowest BCUT2D eigenvalue weighted by Gasteiger charge is -2.43. The Balaban J connectivity index is 1.94. The van der Waals surface area contributed by atoms with Gasteiger partial charge < -0.3 is 15.3 Å². The van der Waals surface area contributed by atoms with Crippen LogP contribution < -0.4 is 5.32 Å². The van der Waals surface area contributed by atoms with Crippen LogP contribution in [0, 0.1) is 5.92 Å². The van der Waals surface area contributed by atoms with E-state index in [1.54, 1.807) is 14.0 Å². The maximum atomic E-state index is 12.2. The van der Waals surface area contributed by atoms with E-state index < -0.39 is 11.9 Å². The third kappa shape index (κ3) is 4.16. The number of halogens is 1. The summed E-state index contributed by atoms with van der Waals surface area (Å²) in [5, 5.41) is 12.6. The van der Waals surface area contributed by atoms with E-state index in [4.69, 9.17) is 16.7 Å². The first-order valence-electron chi connectivity index (χ1n) is 7.82. The third-order valence-electron chi connectivity index (χ3n) is 4.66. The van der Waals surface area contributed by atoms with Crippen LogP contribution in [0.4, 0.5) is 4.79 Å². The molecule has 2 N–H and O–H groups in total. The minimum absolute atomic E-state index is 0.0283. The molecular formula is C17H23ClN2O3. The highest BCUT2D eigenvalue weighted by Gasteiger charge is 2.39. The molecule has 6 heteroatoms. The normalized spacial score (nSPS) is 17.0. The van der Waals surface area contributed by atoms with Gasteiger partial charge in [-0.25, -0.2) is 4.79 Å². The van der Waals surface area contributed by atoms with Gasteiger partial charge in [0.1, 0.15) is 0 Å². The number of aliphatic carboxylic acids is 1. The molecule has 2 rings (SSSR count). The van der Waals surface area contributed by atoms with E-state index >= 15 is 0 Å². The molecule has 0 saturated heterocycles. The average Bonchev–Trinajstić information content (AvgIpc) is 2.47. The largest absolute Gasteiger partial charge is 0.481 e. The number of nitrogens with zero attached hydrogens (tertiary/aromatic N) is 1. The molecule has 1 aliphatic rings. The summed E-state index contributed by atoms with van der Waals surface area (Å²) in [6, 6.07) is 7.55. The van der Waals surface area contributed by atoms with Crippen LogP contribution in [0.2, 0.25) is 5.02 Å². The zero-order valence-electron chi connectivity index (χ0n) is 13.5. The summed E-state index contributed by atoms with van der Waals surface area (Å²) in [5.41, 5.74) is 1.16. The van der Waals surface area contributed by atoms with Gasteiger partial charge in [-0.05, 0) is 30.5 Å². The van der Waals surface area contributed by atoms with E-state index in [1.807, 2.05) is 24.3 Å². The molecule has 0 bridgehead atoms. The van der Waals surface area contributed by atoms with Crippen molar-refractivity contribution in [2.45, 2.75) is 31.6 Å². The number of urea groups is 1. The van der Waals surface area contributed by atoms with Gasteiger partial charge in [-0.15, -0.1) is 0 Å². The summed E-state index contributed by atoms with van der Waals surface area (Å²) in [6.07, 6.45) is 3.21. The fraction of sp³-hybridized carbons (Fsp3) is 0.529. The summed E-state index contributed by atoms with van der Waals surface area (Å²) in [6.45, 7) is 2.33. The topological polar surface area (TPSA) is 69.6 Å². The van der Waals surface area contributed by atoms with Crippen molar-refractivity contribution in [3.63, 3.8) is 0 Å². The minimum Gasteiger partial charge on any atom is -0.481 e. The van der Waals surface area contributed by atoms with Gasteiger partial charge in [0, 0.05) is 30.6 Å². The van der Waals surface area contributed by atoms with Gasteiger partial charge in [0.05, 0.1) is 5.92 Å². The number of hydrogen-bond acceptors (Lipinski definition) is 2. The first kappa shape index (κ1) is 17.6. The molecular weight excluding hydrogens is 316 g/mol. The molecule has 1 atom stereocenters. The van der Waals surface area contributed by atoms with Crippen molar-refractivity contribution >= 4 is 23.6 Å². The van der Waals surface area contributed by atoms with Crippen molar-refractivity contribution in [3.05, 3.63) is 34.9 Å². The predicted molar refractivity (Wildman–Crippen MR) is 89.8 cm³/mol. The van der Waals surface area contributed by atoms with E-state index in [9.17, 15) is 9.59 Å². The van der Waals surface area contributed by atoms with E-state index in [1.165, 1.54) is 10.5 Å². The average molecular weight is 339 g/mol. The molecule has 0 aliphatic heterocycles. The Morgan fingerprint density at radius 2 is 1.96 bits per heavy atom. The first-order chi connectivity index (χ1) is 10.8. The Morgan fingerprint density at radius 1 is 1.35 bits per heavy atom. The highest BCUT2D eigenvalue weighted by molar-refractivity contribution is 6.30. The lowest BCUT2D eigenvalue weighted by molar-refractivity contribution is -0.141. The van der Waals surface area contributed by atoms with Gasteiger partial charge in [-0.2, -0.15) is 0 Å². The molecule has 126 valence electrons. The molecule has 0 radical (unpaired) electrons. The number of nitrogens with one attached hydrogen (secondary N) is 1. The van der Waals surface area contributed by atoms with E-state index in [-0.39, 0.29) is 18.0 Å². The van der Waals surface area contributed by atoms with E-state index in [0.29, 0.717) is 11.6 Å². The molecule has 1 aromatic rings. The maximum Gasteiger partial charge on any atom is 0.317 e. The second-order valence-corrected chi connectivity index (χ2v) is 6.86. The van der Waals surface area contributed by atoms with Gasteiger partial charge in [0.25, 0.3) is 0 Å². The number of carbonyl (C=O) groups excluding carboxylic acids is 1. The number of rotatable bonds is 6. The molecule has 1 fully saturated rings. The molecule has 1 saturated carbocycles. The summed E-state index contributed by atoms with van der Waals surface area (Å²) in [7, 11) is 1.62. The van der Waals surface area contributed by atoms with Gasteiger partial charge in [0.2, 0.25) is 0 Å². The zero-order chi connectivity index (χ0) is 17.0. The number of carboxylic acids is 1. The van der Waals surface area contributed by atoms with Crippen molar-refractivity contribution in [2.24, 2.45) is 5.92 Å². The van der Waals surface area contributed by atoms with Crippen LogP contribution in [0.1, 0.15) is 31.7 Å². The van der Waals surface area contributed by atoms with Crippen LogP contribution in [0.3, 0.4) is 0 Å². The van der Waals surface area contributed by atoms with Crippen LogP contribution in [-0.2, 0) is 10.2 Å². The summed E-state index contributed by atoms with van der Waals surface area (Å²) in [5.74, 6) is -1.49. The zero-order valence-corrected chi connectivity index (χ0v) is 14.3. The third-order valence-corrected chi connectivity index (χ3v) is 4.91. The summed E-state index contributed by atoms with van der Waals surface area (Å²) < 4.78 is 0. The van der Waals surface area contributed by atoms with E-state index in [0.717, 1.165) is 19.3 Å². The Morgan fingerprint density at radius 3 is 2.43 bits per heavy atom. The van der Waals surface area contributed by atoms with Crippen molar-refractivity contribution in [3.8, 4) is 0 Å². The molecule has 0 aromatic heterocycles. The summed E-state index contributed by atoms with van der Waals surface area (Å²) >= 11 is 5.94. The van der Waals surface area contributed by atoms with Crippen molar-refractivity contribution < 1.29 is 14.7 Å². The first-order valence-corrected chi connectivity index (χ1v) is 8.20. The highest BCUT2D eigenvalue weighted by Crippen LogP contribution is 2.43. The molecule has 1 aromatic carbocycles. The van der Waals surface area contributed by atoms with Crippen LogP contribution >= 0.6 is 11.6 Å². The quantitative estimate of drug-likeness (QED) is 0.837. The Bertz CT molecular complexity index is 570. The predicted octanol–water partition coefficient (Wildman–Crippen LogP) is 3.12. The fourth-order valence-electron chi connectivity index (χ4n) is 2.93. The number of carboxylic acid groups (broad SMARTS) is 1. The molecule has 2 amide bonds. The van der Waals surface area contributed by atoms with Gasteiger partial charge >= 0.3 is 12.0 Å². The Labute approximate surface area is 141 Å². The number of benzene rings is 1. The number of amides is 2. The molecule has 1 unspecified atom stereocenters. The maximum absolute atomic E-state index is 12.2. The van der Waals surface area contributed by atoms with E-state index in [2.05, 4.69) is 5.32 Å². The smallest absolute Gasteiger partial charge is 0.317 e.